The number of carbonyl (C=O) groups excluding carboxylic acids is 1. The van der Waals surface area contributed by atoms with Gasteiger partial charge in [-0.3, -0.25) is 14.2 Å². The van der Waals surface area contributed by atoms with E-state index >= 15 is 0 Å². The van der Waals surface area contributed by atoms with Crippen molar-refractivity contribution < 1.29 is 24.2 Å². The molecule has 0 saturated carbocycles. The van der Waals surface area contributed by atoms with Gasteiger partial charge in [-0.15, -0.1) is 0 Å². The number of carboxylic acid groups (broad SMARTS) is 1. The number of rotatable bonds is 6. The molecule has 0 atom stereocenters. The van der Waals surface area contributed by atoms with Crippen LogP contribution in [0.3, 0.4) is 0 Å². The SMILES string of the molecule is C=CS/C(=C\CC)C(=O)n1c(C)c(CC(=O)O)c2c(F)c(O)ccc21.CC. The van der Waals surface area contributed by atoms with Crippen LogP contribution in [0.15, 0.2) is 35.1 Å². The zero-order valence-corrected chi connectivity index (χ0v) is 16.7. The van der Waals surface area contributed by atoms with Gasteiger partial charge in [0, 0.05) is 11.1 Å². The van der Waals surface area contributed by atoms with Gasteiger partial charge in [0.1, 0.15) is 0 Å². The Balaban J connectivity index is 0.00000176. The molecule has 2 aromatic rings. The number of thioether (sulfide) groups is 1. The van der Waals surface area contributed by atoms with Crippen LogP contribution in [0.1, 0.15) is 43.2 Å². The normalized spacial score (nSPS) is 11.1. The minimum Gasteiger partial charge on any atom is -0.505 e. The van der Waals surface area contributed by atoms with Gasteiger partial charge in [-0.2, -0.15) is 0 Å². The number of aromatic nitrogens is 1. The molecular weight excluding hydrogens is 369 g/mol. The lowest BCUT2D eigenvalue weighted by atomic mass is 10.1. The average Bonchev–Trinajstić information content (AvgIpc) is 2.91. The van der Waals surface area contributed by atoms with Crippen LogP contribution < -0.4 is 0 Å². The van der Waals surface area contributed by atoms with E-state index < -0.39 is 29.9 Å². The minimum absolute atomic E-state index is 0.0484. The fraction of sp³-hybridized carbons (Fsp3) is 0.300. The van der Waals surface area contributed by atoms with Gasteiger partial charge in [0.15, 0.2) is 11.6 Å². The molecule has 5 nitrogen and oxygen atoms in total. The lowest BCUT2D eigenvalue weighted by Crippen LogP contribution is -2.14. The number of aliphatic carboxylic acids is 1. The van der Waals surface area contributed by atoms with Gasteiger partial charge in [-0.1, -0.05) is 45.2 Å². The minimum atomic E-state index is -1.15. The van der Waals surface area contributed by atoms with Gasteiger partial charge in [0.25, 0.3) is 5.91 Å². The summed E-state index contributed by atoms with van der Waals surface area (Å²) in [4.78, 5) is 24.5. The topological polar surface area (TPSA) is 79.5 Å². The Morgan fingerprint density at radius 3 is 2.48 bits per heavy atom. The molecule has 0 bridgehead atoms. The van der Waals surface area contributed by atoms with Crippen LogP contribution in [-0.2, 0) is 11.2 Å². The molecule has 0 fully saturated rings. The fourth-order valence-corrected chi connectivity index (χ4v) is 3.36. The van der Waals surface area contributed by atoms with E-state index in [2.05, 4.69) is 6.58 Å². The zero-order valence-electron chi connectivity index (χ0n) is 15.9. The summed E-state index contributed by atoms with van der Waals surface area (Å²) in [6, 6.07) is 2.56. The number of phenolic OH excluding ortho intramolecular Hbond substituents is 1. The second kappa shape index (κ2) is 9.97. The van der Waals surface area contributed by atoms with Crippen LogP contribution in [0.2, 0.25) is 0 Å². The second-order valence-corrected chi connectivity index (χ2v) is 6.34. The Bertz CT molecular complexity index is 899. The van der Waals surface area contributed by atoms with E-state index in [9.17, 15) is 19.1 Å². The van der Waals surface area contributed by atoms with E-state index in [0.717, 1.165) is 17.8 Å². The molecule has 0 aliphatic heterocycles. The number of hydrogen-bond donors (Lipinski definition) is 2. The number of phenols is 1. The first-order valence-electron chi connectivity index (χ1n) is 8.59. The smallest absolute Gasteiger partial charge is 0.307 e. The fourth-order valence-electron chi connectivity index (χ4n) is 2.73. The van der Waals surface area contributed by atoms with Gasteiger partial charge in [0.2, 0.25) is 0 Å². The summed E-state index contributed by atoms with van der Waals surface area (Å²) in [6.45, 7) is 11.0. The number of fused-ring (bicyclic) bond motifs is 1. The van der Waals surface area contributed by atoms with Crippen molar-refractivity contribution in [3.8, 4) is 5.75 Å². The van der Waals surface area contributed by atoms with Crippen LogP contribution in [0.5, 0.6) is 5.75 Å². The molecule has 146 valence electrons. The van der Waals surface area contributed by atoms with E-state index in [1.165, 1.54) is 16.0 Å². The van der Waals surface area contributed by atoms with Gasteiger partial charge in [-0.05, 0) is 36.4 Å². The molecular formula is C20H24FNO4S. The Morgan fingerprint density at radius 2 is 1.96 bits per heavy atom. The Kier molecular flexibility index (Phi) is 8.31. The van der Waals surface area contributed by atoms with E-state index in [1.807, 2.05) is 20.8 Å². The number of nitrogens with zero attached hydrogens (tertiary/aromatic N) is 1. The van der Waals surface area contributed by atoms with E-state index in [-0.39, 0.29) is 16.5 Å². The van der Waals surface area contributed by atoms with Crippen molar-refractivity contribution in [3.05, 3.63) is 52.2 Å². The Labute approximate surface area is 162 Å². The van der Waals surface area contributed by atoms with Gasteiger partial charge < -0.3 is 10.2 Å². The third-order valence-electron chi connectivity index (χ3n) is 3.76. The van der Waals surface area contributed by atoms with Crippen molar-refractivity contribution in [3.63, 3.8) is 0 Å². The zero-order chi connectivity index (χ0) is 20.7. The lowest BCUT2D eigenvalue weighted by Gasteiger charge is -2.09. The monoisotopic (exact) mass is 393 g/mol. The van der Waals surface area contributed by atoms with Gasteiger partial charge >= 0.3 is 5.97 Å². The number of allylic oxidation sites excluding steroid dienone is 2. The second-order valence-electron chi connectivity index (χ2n) is 5.33. The number of hydrogen-bond acceptors (Lipinski definition) is 4. The highest BCUT2D eigenvalue weighted by Crippen LogP contribution is 2.34. The molecule has 0 aliphatic carbocycles. The predicted molar refractivity (Wildman–Crippen MR) is 108 cm³/mol. The summed E-state index contributed by atoms with van der Waals surface area (Å²) in [7, 11) is 0. The maximum Gasteiger partial charge on any atom is 0.307 e. The highest BCUT2D eigenvalue weighted by atomic mass is 32.2. The van der Waals surface area contributed by atoms with Crippen molar-refractivity contribution >= 4 is 34.5 Å². The molecule has 0 aliphatic rings. The van der Waals surface area contributed by atoms with Gasteiger partial charge in [0.05, 0.1) is 16.8 Å². The lowest BCUT2D eigenvalue weighted by molar-refractivity contribution is -0.136. The summed E-state index contributed by atoms with van der Waals surface area (Å²) in [6.07, 6.45) is 1.90. The maximum atomic E-state index is 14.5. The largest absolute Gasteiger partial charge is 0.505 e. The first-order valence-corrected chi connectivity index (χ1v) is 9.46. The van der Waals surface area contributed by atoms with Crippen molar-refractivity contribution in [2.24, 2.45) is 0 Å². The average molecular weight is 393 g/mol. The molecule has 0 amide bonds. The van der Waals surface area contributed by atoms with Crippen LogP contribution in [-0.4, -0.2) is 26.7 Å². The van der Waals surface area contributed by atoms with Crippen LogP contribution in [0.25, 0.3) is 10.9 Å². The predicted octanol–water partition coefficient (Wildman–Crippen LogP) is 5.26. The number of benzene rings is 1. The van der Waals surface area contributed by atoms with E-state index in [1.54, 1.807) is 13.0 Å². The number of carboxylic acids is 1. The Hall–Kier alpha value is -2.54. The Morgan fingerprint density at radius 1 is 1.33 bits per heavy atom. The van der Waals surface area contributed by atoms with Crippen LogP contribution in [0, 0.1) is 12.7 Å². The summed E-state index contributed by atoms with van der Waals surface area (Å²) >= 11 is 1.15. The number of carbonyl (C=O) groups is 2. The molecule has 0 unspecified atom stereocenters. The molecule has 2 rings (SSSR count). The molecule has 7 heteroatoms. The molecule has 0 spiro atoms. The molecule has 2 N–H and O–H groups in total. The molecule has 27 heavy (non-hydrogen) atoms. The standard InChI is InChI=1S/C18H18FNO4S.C2H6/c1-4-6-14(25-5-2)18(24)20-10(3)11(9-15(22)23)16-12(20)7-8-13(21)17(16)19;1-2/h5-8,21H,2,4,9H2,1,3H3,(H,22,23);1-2H3/b14-6-;. The van der Waals surface area contributed by atoms with Crippen molar-refractivity contribution in [2.75, 3.05) is 0 Å². The third kappa shape index (κ3) is 4.60. The highest BCUT2D eigenvalue weighted by molar-refractivity contribution is 8.06. The number of aromatic hydroxyl groups is 1. The van der Waals surface area contributed by atoms with E-state index in [4.69, 9.17) is 5.11 Å². The quantitative estimate of drug-likeness (QED) is 0.655. The maximum absolute atomic E-state index is 14.5. The summed E-state index contributed by atoms with van der Waals surface area (Å²) in [5.74, 6) is -3.06. The summed E-state index contributed by atoms with van der Waals surface area (Å²) in [5, 5.41) is 20.2. The van der Waals surface area contributed by atoms with Crippen LogP contribution in [0.4, 0.5) is 4.39 Å². The molecule has 1 aromatic carbocycles. The van der Waals surface area contributed by atoms with E-state index in [0.29, 0.717) is 17.0 Å². The van der Waals surface area contributed by atoms with Crippen molar-refractivity contribution in [2.45, 2.75) is 40.5 Å². The molecule has 1 aromatic heterocycles. The highest BCUT2D eigenvalue weighted by Gasteiger charge is 2.25. The van der Waals surface area contributed by atoms with Crippen molar-refractivity contribution in [1.29, 1.82) is 0 Å². The first kappa shape index (κ1) is 22.5. The van der Waals surface area contributed by atoms with Crippen molar-refractivity contribution in [1.82, 2.24) is 4.57 Å². The molecule has 1 heterocycles. The first-order chi connectivity index (χ1) is 12.8. The van der Waals surface area contributed by atoms with Gasteiger partial charge in [-0.25, -0.2) is 4.39 Å². The molecule has 0 radical (unpaired) electrons. The summed E-state index contributed by atoms with van der Waals surface area (Å²) in [5.41, 5.74) is 0.725. The third-order valence-corrected chi connectivity index (χ3v) is 4.52. The molecule has 0 saturated heterocycles. The van der Waals surface area contributed by atoms with Crippen LogP contribution >= 0.6 is 11.8 Å². The summed E-state index contributed by atoms with van der Waals surface area (Å²) < 4.78 is 15.7. The number of halogens is 1.